The van der Waals surface area contributed by atoms with Crippen molar-refractivity contribution in [3.8, 4) is 0 Å². The van der Waals surface area contributed by atoms with Gasteiger partial charge in [0.25, 0.3) is 0 Å². The predicted octanol–water partition coefficient (Wildman–Crippen LogP) is 2.97. The molecule has 0 aliphatic carbocycles. The summed E-state index contributed by atoms with van der Waals surface area (Å²) >= 11 is 0. The topological polar surface area (TPSA) is 0 Å². The summed E-state index contributed by atoms with van der Waals surface area (Å²) in [6.45, 7) is 6.28. The molecule has 0 bridgehead atoms. The molecule has 9 heavy (non-hydrogen) atoms. The minimum atomic E-state index is -0.816. The fraction of sp³-hybridized carbons (Fsp3) is 0.750. The highest BCUT2D eigenvalue weighted by molar-refractivity contribution is 6.84. The second-order valence-corrected chi connectivity index (χ2v) is 7.97. The van der Waals surface area contributed by atoms with Gasteiger partial charge in [-0.05, 0) is 0 Å². The predicted molar refractivity (Wildman–Crippen MR) is 45.3 cm³/mol. The van der Waals surface area contributed by atoms with E-state index >= 15 is 0 Å². The number of hydrogen-bond acceptors (Lipinski definition) is 0. The van der Waals surface area contributed by atoms with Crippen molar-refractivity contribution in [2.45, 2.75) is 37.9 Å². The van der Waals surface area contributed by atoms with Gasteiger partial charge < -0.3 is 0 Å². The highest BCUT2D eigenvalue weighted by Crippen LogP contribution is 2.33. The summed E-state index contributed by atoms with van der Waals surface area (Å²) in [5.74, 6) is 0. The van der Waals surface area contributed by atoms with Crippen LogP contribution in [0.3, 0.4) is 0 Å². The molecule has 0 aromatic carbocycles. The van der Waals surface area contributed by atoms with Gasteiger partial charge in [-0.1, -0.05) is 37.9 Å². The van der Waals surface area contributed by atoms with Gasteiger partial charge in [0.05, 0.1) is 8.07 Å². The molecule has 0 saturated carbocycles. The fourth-order valence-electron chi connectivity index (χ4n) is 1.78. The zero-order chi connectivity index (χ0) is 6.74. The van der Waals surface area contributed by atoms with Gasteiger partial charge in [0, 0.05) is 0 Å². The molecular weight excluding hydrogens is 124 g/mol. The van der Waals surface area contributed by atoms with Crippen molar-refractivity contribution >= 4 is 8.07 Å². The minimum Gasteiger partial charge on any atom is -0.107 e. The van der Waals surface area contributed by atoms with Gasteiger partial charge in [-0.25, -0.2) is 0 Å². The van der Waals surface area contributed by atoms with Gasteiger partial charge in [0.2, 0.25) is 0 Å². The summed E-state index contributed by atoms with van der Waals surface area (Å²) in [6, 6.07) is 4.47. The van der Waals surface area contributed by atoms with E-state index in [0.717, 1.165) is 0 Å². The van der Waals surface area contributed by atoms with Crippen molar-refractivity contribution in [3.05, 3.63) is 12.3 Å². The van der Waals surface area contributed by atoms with Crippen molar-refractivity contribution in [2.24, 2.45) is 0 Å². The van der Waals surface area contributed by atoms with Gasteiger partial charge in [-0.15, -0.1) is 12.3 Å². The molecule has 0 amide bonds. The zero-order valence-corrected chi connectivity index (χ0v) is 7.32. The molecule has 1 fully saturated rings. The van der Waals surface area contributed by atoms with E-state index in [9.17, 15) is 0 Å². The van der Waals surface area contributed by atoms with E-state index in [-0.39, 0.29) is 0 Å². The molecule has 0 atom stereocenters. The standard InChI is InChI=1S/C8H16Si/c1-3-9(4-2)7-5-6-8-9/h3H,1,4-8H2,2H3. The maximum absolute atomic E-state index is 3.95. The van der Waals surface area contributed by atoms with Crippen LogP contribution in [0.5, 0.6) is 0 Å². The first-order valence-corrected chi connectivity index (χ1v) is 6.66. The summed E-state index contributed by atoms with van der Waals surface area (Å²) in [7, 11) is -0.816. The molecule has 52 valence electrons. The third-order valence-electron chi connectivity index (χ3n) is 2.74. The first-order chi connectivity index (χ1) is 4.33. The number of hydrogen-bond donors (Lipinski definition) is 0. The molecule has 0 unspecified atom stereocenters. The van der Waals surface area contributed by atoms with Gasteiger partial charge in [-0.2, -0.15) is 0 Å². The van der Waals surface area contributed by atoms with Crippen molar-refractivity contribution in [1.29, 1.82) is 0 Å². The molecule has 1 aliphatic heterocycles. The van der Waals surface area contributed by atoms with Crippen LogP contribution in [0.15, 0.2) is 12.3 Å². The first-order valence-electron chi connectivity index (χ1n) is 3.96. The smallest absolute Gasteiger partial charge is 0.0767 e. The summed E-state index contributed by atoms with van der Waals surface area (Å²) in [5, 5.41) is 0. The van der Waals surface area contributed by atoms with Crippen LogP contribution in [0.1, 0.15) is 19.8 Å². The Morgan fingerprint density at radius 2 is 2.00 bits per heavy atom. The summed E-state index contributed by atoms with van der Waals surface area (Å²) in [5.41, 5.74) is 2.31. The molecule has 1 heterocycles. The molecule has 0 nitrogen and oxygen atoms in total. The maximum atomic E-state index is 3.95. The molecule has 1 rings (SSSR count). The highest BCUT2D eigenvalue weighted by atomic mass is 28.3. The van der Waals surface area contributed by atoms with Crippen LogP contribution < -0.4 is 0 Å². The lowest BCUT2D eigenvalue weighted by Gasteiger charge is -2.18. The fourth-order valence-corrected chi connectivity index (χ4v) is 5.34. The third kappa shape index (κ3) is 1.26. The Morgan fingerprint density at radius 1 is 1.44 bits per heavy atom. The molecule has 0 aromatic heterocycles. The summed E-state index contributed by atoms with van der Waals surface area (Å²) in [4.78, 5) is 0. The average molecular weight is 140 g/mol. The molecule has 1 heteroatoms. The van der Waals surface area contributed by atoms with Gasteiger partial charge >= 0.3 is 0 Å². The lowest BCUT2D eigenvalue weighted by molar-refractivity contribution is 0.935. The van der Waals surface area contributed by atoms with Crippen LogP contribution in [0.25, 0.3) is 0 Å². The molecule has 1 saturated heterocycles. The molecule has 0 spiro atoms. The quantitative estimate of drug-likeness (QED) is 0.517. The normalized spacial score (nSPS) is 24.1. The second kappa shape index (κ2) is 2.69. The molecular formula is C8H16Si. The molecule has 0 aromatic rings. The Balaban J connectivity index is 2.55. The van der Waals surface area contributed by atoms with Crippen LogP contribution in [-0.2, 0) is 0 Å². The van der Waals surface area contributed by atoms with E-state index in [4.69, 9.17) is 0 Å². The van der Waals surface area contributed by atoms with Gasteiger partial charge in [-0.3, -0.25) is 0 Å². The zero-order valence-electron chi connectivity index (χ0n) is 6.32. The lowest BCUT2D eigenvalue weighted by Crippen LogP contribution is -2.25. The van der Waals surface area contributed by atoms with E-state index in [1.807, 2.05) is 0 Å². The molecule has 1 aliphatic rings. The Morgan fingerprint density at radius 3 is 2.22 bits per heavy atom. The third-order valence-corrected chi connectivity index (χ3v) is 7.71. The SMILES string of the molecule is C=C[Si]1(CC)CCCC1. The summed E-state index contributed by atoms with van der Waals surface area (Å²) in [6.07, 6.45) is 2.96. The van der Waals surface area contributed by atoms with Crippen molar-refractivity contribution in [2.75, 3.05) is 0 Å². The molecule has 0 radical (unpaired) electrons. The Bertz CT molecular complexity index is 101. The van der Waals surface area contributed by atoms with E-state index in [1.54, 1.807) is 0 Å². The van der Waals surface area contributed by atoms with Crippen molar-refractivity contribution in [3.63, 3.8) is 0 Å². The Labute approximate surface area is 59.0 Å². The lowest BCUT2D eigenvalue weighted by atomic mass is 10.4. The largest absolute Gasteiger partial charge is 0.107 e. The van der Waals surface area contributed by atoms with Crippen LogP contribution in [0.2, 0.25) is 18.1 Å². The van der Waals surface area contributed by atoms with Crippen LogP contribution in [0.4, 0.5) is 0 Å². The minimum absolute atomic E-state index is 0.816. The first kappa shape index (κ1) is 7.07. The monoisotopic (exact) mass is 140 g/mol. The number of rotatable bonds is 2. The van der Waals surface area contributed by atoms with E-state index < -0.39 is 8.07 Å². The van der Waals surface area contributed by atoms with Gasteiger partial charge in [0.15, 0.2) is 0 Å². The van der Waals surface area contributed by atoms with Crippen molar-refractivity contribution < 1.29 is 0 Å². The van der Waals surface area contributed by atoms with E-state index in [0.29, 0.717) is 0 Å². The Hall–Kier alpha value is -0.0431. The highest BCUT2D eigenvalue weighted by Gasteiger charge is 2.30. The van der Waals surface area contributed by atoms with Crippen LogP contribution >= 0.6 is 0 Å². The van der Waals surface area contributed by atoms with Crippen molar-refractivity contribution in [1.82, 2.24) is 0 Å². The summed E-state index contributed by atoms with van der Waals surface area (Å²) < 4.78 is 0. The van der Waals surface area contributed by atoms with Crippen LogP contribution in [-0.4, -0.2) is 8.07 Å². The molecule has 0 N–H and O–H groups in total. The van der Waals surface area contributed by atoms with Gasteiger partial charge in [0.1, 0.15) is 0 Å². The Kier molecular flexibility index (Phi) is 2.12. The van der Waals surface area contributed by atoms with Crippen LogP contribution in [0, 0.1) is 0 Å². The average Bonchev–Trinajstić information content (AvgIpc) is 2.36. The maximum Gasteiger partial charge on any atom is 0.0767 e. The van der Waals surface area contributed by atoms with E-state index in [1.165, 1.54) is 31.0 Å². The second-order valence-electron chi connectivity index (χ2n) is 3.13. The van der Waals surface area contributed by atoms with E-state index in [2.05, 4.69) is 19.2 Å².